The Hall–Kier alpha value is -1.04. The van der Waals surface area contributed by atoms with Gasteiger partial charge in [-0.15, -0.1) is 0 Å². The van der Waals surface area contributed by atoms with Crippen LogP contribution in [0.5, 0.6) is 0 Å². The van der Waals surface area contributed by atoms with Crippen LogP contribution in [0.2, 0.25) is 0 Å². The number of nitrogens with zero attached hydrogens (tertiary/aromatic N) is 1. The lowest BCUT2D eigenvalue weighted by molar-refractivity contribution is 0.0683. The van der Waals surface area contributed by atoms with Gasteiger partial charge < -0.3 is 5.11 Å². The highest BCUT2D eigenvalue weighted by Crippen LogP contribution is 2.26. The topological polar surface area (TPSA) is 50.2 Å². The van der Waals surface area contributed by atoms with Crippen LogP contribution in [0.25, 0.3) is 0 Å². The normalized spacial score (nSPS) is 10.7. The summed E-state index contributed by atoms with van der Waals surface area (Å²) in [5.74, 6) is -1.35. The first-order valence-corrected chi connectivity index (χ1v) is 5.17. The molecule has 0 saturated heterocycles. The van der Waals surface area contributed by atoms with E-state index in [0.29, 0.717) is 11.0 Å². The number of hydrogen-bond acceptors (Lipinski definition) is 2. The fourth-order valence-electron chi connectivity index (χ4n) is 1.25. The number of alkyl halides is 3. The predicted octanol–water partition coefficient (Wildman–Crippen LogP) is 2.92. The van der Waals surface area contributed by atoms with Gasteiger partial charge in [-0.25, -0.2) is 13.6 Å². The van der Waals surface area contributed by atoms with Gasteiger partial charge >= 0.3 is 5.97 Å². The van der Waals surface area contributed by atoms with Crippen molar-refractivity contribution in [3.63, 3.8) is 0 Å². The summed E-state index contributed by atoms with van der Waals surface area (Å²) in [5.41, 5.74) is -0.159. The second-order valence-corrected chi connectivity index (χ2v) is 3.46. The van der Waals surface area contributed by atoms with E-state index in [2.05, 4.69) is 20.9 Å². The van der Waals surface area contributed by atoms with Gasteiger partial charge in [0.2, 0.25) is 0 Å². The monoisotopic (exact) mass is 279 g/mol. The molecule has 1 aromatic heterocycles. The van der Waals surface area contributed by atoms with E-state index in [-0.39, 0.29) is 11.1 Å². The number of rotatable bonds is 3. The third-order valence-corrected chi connectivity index (χ3v) is 2.56. The lowest BCUT2D eigenvalue weighted by Crippen LogP contribution is -2.09. The quantitative estimate of drug-likeness (QED) is 0.866. The van der Waals surface area contributed by atoms with Crippen LogP contribution in [0.4, 0.5) is 8.78 Å². The van der Waals surface area contributed by atoms with Crippen molar-refractivity contribution < 1.29 is 18.7 Å². The number of aromatic carboxylic acids is 1. The Labute approximate surface area is 93.3 Å². The Kier molecular flexibility index (Phi) is 3.73. The molecule has 6 heteroatoms. The minimum atomic E-state index is -2.83. The van der Waals surface area contributed by atoms with Crippen molar-refractivity contribution in [1.82, 2.24) is 4.98 Å². The molecule has 0 bridgehead atoms. The van der Waals surface area contributed by atoms with E-state index in [4.69, 9.17) is 5.11 Å². The minimum Gasteiger partial charge on any atom is -0.478 e. The highest BCUT2D eigenvalue weighted by Gasteiger charge is 2.22. The van der Waals surface area contributed by atoms with E-state index in [1.807, 2.05) is 0 Å². The molecule has 1 N–H and O–H groups in total. The number of carbonyl (C=O) groups is 1. The third kappa shape index (κ3) is 2.31. The van der Waals surface area contributed by atoms with Crippen LogP contribution < -0.4 is 0 Å². The molecule has 3 nitrogen and oxygen atoms in total. The molecule has 0 fully saturated rings. The van der Waals surface area contributed by atoms with E-state index in [1.54, 1.807) is 0 Å². The molecule has 0 aliphatic rings. The number of carboxylic acids is 1. The SMILES string of the molecule is Cc1c(CBr)ncc(C(F)F)c1C(=O)O. The van der Waals surface area contributed by atoms with Crippen LogP contribution in [0.15, 0.2) is 6.20 Å². The van der Waals surface area contributed by atoms with Crippen LogP contribution >= 0.6 is 15.9 Å². The van der Waals surface area contributed by atoms with Gasteiger partial charge in [0, 0.05) is 11.5 Å². The molecule has 0 aliphatic heterocycles. The highest BCUT2D eigenvalue weighted by molar-refractivity contribution is 9.08. The van der Waals surface area contributed by atoms with Crippen molar-refractivity contribution in [2.24, 2.45) is 0 Å². The molecule has 15 heavy (non-hydrogen) atoms. The van der Waals surface area contributed by atoms with E-state index < -0.39 is 18.0 Å². The summed E-state index contributed by atoms with van der Waals surface area (Å²) in [7, 11) is 0. The van der Waals surface area contributed by atoms with E-state index in [9.17, 15) is 13.6 Å². The van der Waals surface area contributed by atoms with E-state index in [0.717, 1.165) is 6.20 Å². The number of aromatic nitrogens is 1. The molecule has 0 saturated carbocycles. The van der Waals surface area contributed by atoms with Gasteiger partial charge in [-0.05, 0) is 12.5 Å². The van der Waals surface area contributed by atoms with Crippen LogP contribution in [-0.2, 0) is 5.33 Å². The van der Waals surface area contributed by atoms with E-state index >= 15 is 0 Å². The molecule has 0 atom stereocenters. The number of hydrogen-bond donors (Lipinski definition) is 1. The summed E-state index contributed by atoms with van der Waals surface area (Å²) < 4.78 is 25.0. The predicted molar refractivity (Wildman–Crippen MR) is 53.5 cm³/mol. The van der Waals surface area contributed by atoms with Gasteiger partial charge in [0.15, 0.2) is 0 Å². The maximum absolute atomic E-state index is 12.5. The second-order valence-electron chi connectivity index (χ2n) is 2.90. The smallest absolute Gasteiger partial charge is 0.336 e. The molecular weight excluding hydrogens is 272 g/mol. The first kappa shape index (κ1) is 12.0. The molecule has 0 aliphatic carbocycles. The van der Waals surface area contributed by atoms with Crippen LogP contribution in [0.1, 0.15) is 33.6 Å². The van der Waals surface area contributed by atoms with Gasteiger partial charge in [0.05, 0.1) is 16.8 Å². The second kappa shape index (κ2) is 4.65. The number of pyridine rings is 1. The lowest BCUT2D eigenvalue weighted by Gasteiger charge is -2.10. The van der Waals surface area contributed by atoms with Crippen molar-refractivity contribution >= 4 is 21.9 Å². The maximum atomic E-state index is 12.5. The molecule has 0 amide bonds. The van der Waals surface area contributed by atoms with Crippen molar-refractivity contribution in [1.29, 1.82) is 0 Å². The Morgan fingerprint density at radius 1 is 1.67 bits per heavy atom. The fourth-order valence-corrected chi connectivity index (χ4v) is 1.82. The number of carboxylic acid groups (broad SMARTS) is 1. The Bertz CT molecular complexity index is 396. The average molecular weight is 280 g/mol. The molecule has 82 valence electrons. The van der Waals surface area contributed by atoms with Gasteiger partial charge in [0.1, 0.15) is 0 Å². The van der Waals surface area contributed by atoms with E-state index in [1.165, 1.54) is 6.92 Å². The summed E-state index contributed by atoms with van der Waals surface area (Å²) in [5, 5.41) is 9.17. The summed E-state index contributed by atoms with van der Waals surface area (Å²) in [6.07, 6.45) is -1.91. The third-order valence-electron chi connectivity index (χ3n) is 2.03. The molecule has 0 unspecified atom stereocenters. The van der Waals surface area contributed by atoms with Crippen LogP contribution in [0.3, 0.4) is 0 Å². The number of halogens is 3. The zero-order valence-corrected chi connectivity index (χ0v) is 9.38. The molecule has 0 radical (unpaired) electrons. The average Bonchev–Trinajstić information content (AvgIpc) is 2.16. The zero-order valence-electron chi connectivity index (χ0n) is 7.80. The Morgan fingerprint density at radius 3 is 2.67 bits per heavy atom. The van der Waals surface area contributed by atoms with Crippen molar-refractivity contribution in [3.8, 4) is 0 Å². The summed E-state index contributed by atoms with van der Waals surface area (Å²) in [6.45, 7) is 1.47. The summed E-state index contributed by atoms with van der Waals surface area (Å²) >= 11 is 3.11. The van der Waals surface area contributed by atoms with Gasteiger partial charge in [-0.1, -0.05) is 15.9 Å². The molecule has 1 heterocycles. The first-order valence-electron chi connectivity index (χ1n) is 4.04. The molecule has 1 aromatic rings. The highest BCUT2D eigenvalue weighted by atomic mass is 79.9. The van der Waals surface area contributed by atoms with Crippen molar-refractivity contribution in [2.75, 3.05) is 0 Å². The molecule has 0 spiro atoms. The molecule has 1 rings (SSSR count). The zero-order chi connectivity index (χ0) is 11.6. The van der Waals surface area contributed by atoms with Crippen molar-refractivity contribution in [2.45, 2.75) is 18.7 Å². The van der Waals surface area contributed by atoms with Crippen LogP contribution in [0, 0.1) is 6.92 Å². The fraction of sp³-hybridized carbons (Fsp3) is 0.333. The van der Waals surface area contributed by atoms with Gasteiger partial charge in [-0.2, -0.15) is 0 Å². The molecular formula is C9H8BrF2NO2. The minimum absolute atomic E-state index is 0.275. The van der Waals surface area contributed by atoms with Crippen LogP contribution in [-0.4, -0.2) is 16.1 Å². The Balaban J connectivity index is 3.44. The lowest BCUT2D eigenvalue weighted by atomic mass is 10.0. The van der Waals surface area contributed by atoms with Gasteiger partial charge in [0.25, 0.3) is 6.43 Å². The maximum Gasteiger partial charge on any atom is 0.336 e. The largest absolute Gasteiger partial charge is 0.478 e. The molecule has 0 aromatic carbocycles. The summed E-state index contributed by atoms with van der Waals surface area (Å²) in [4.78, 5) is 14.6. The van der Waals surface area contributed by atoms with Crippen molar-refractivity contribution in [3.05, 3.63) is 28.6 Å². The summed E-state index contributed by atoms with van der Waals surface area (Å²) in [6, 6.07) is 0. The first-order chi connectivity index (χ1) is 6.99. The Morgan fingerprint density at radius 2 is 2.27 bits per heavy atom. The van der Waals surface area contributed by atoms with Gasteiger partial charge in [-0.3, -0.25) is 4.98 Å². The standard InChI is InChI=1S/C9H8BrF2NO2/c1-4-6(2-10)13-3-5(8(11)12)7(4)9(14)15/h3,8H,2H2,1H3,(H,14,15).